The molecule has 2 N–H and O–H groups in total. The molecule has 0 aliphatic carbocycles. The average molecular weight is 374 g/mol. The summed E-state index contributed by atoms with van der Waals surface area (Å²) in [6.07, 6.45) is -3.86. The molecule has 0 spiro atoms. The van der Waals surface area contributed by atoms with Gasteiger partial charge in [0.15, 0.2) is 5.16 Å². The third-order valence-electron chi connectivity index (χ3n) is 3.31. The third kappa shape index (κ3) is 4.65. The molecule has 0 saturated heterocycles. The van der Waals surface area contributed by atoms with Gasteiger partial charge in [-0.05, 0) is 25.5 Å². The molecular formula is C15H17F3N4O2S. The molecule has 0 aliphatic heterocycles. The van der Waals surface area contributed by atoms with Gasteiger partial charge in [-0.3, -0.25) is 9.36 Å². The summed E-state index contributed by atoms with van der Waals surface area (Å²) in [5.74, 6) is -0.611. The van der Waals surface area contributed by atoms with Crippen molar-refractivity contribution in [2.75, 3.05) is 5.32 Å². The minimum absolute atomic E-state index is 0.305. The van der Waals surface area contributed by atoms with E-state index in [0.717, 1.165) is 17.8 Å². The summed E-state index contributed by atoms with van der Waals surface area (Å²) < 4.78 is 40.3. The summed E-state index contributed by atoms with van der Waals surface area (Å²) in [7, 11) is 0. The van der Waals surface area contributed by atoms with Gasteiger partial charge >= 0.3 is 11.9 Å². The molecule has 1 heterocycles. The number of halogens is 3. The molecule has 25 heavy (non-hydrogen) atoms. The van der Waals surface area contributed by atoms with E-state index in [4.69, 9.17) is 0 Å². The second-order valence-corrected chi connectivity index (χ2v) is 6.56. The predicted molar refractivity (Wildman–Crippen MR) is 88.5 cm³/mol. The van der Waals surface area contributed by atoms with E-state index in [1.54, 1.807) is 0 Å². The molecular weight excluding hydrogens is 357 g/mol. The molecule has 0 fully saturated rings. The molecule has 2 rings (SSSR count). The highest BCUT2D eigenvalue weighted by Crippen LogP contribution is 2.35. The van der Waals surface area contributed by atoms with E-state index in [1.165, 1.54) is 29.7 Å². The fourth-order valence-electron chi connectivity index (χ4n) is 2.10. The van der Waals surface area contributed by atoms with Gasteiger partial charge in [0.05, 0.1) is 16.5 Å². The molecule has 1 unspecified atom stereocenters. The first kappa shape index (κ1) is 19.1. The van der Waals surface area contributed by atoms with Crippen molar-refractivity contribution < 1.29 is 18.0 Å². The molecule has 1 amide bonds. The fraction of sp³-hybridized carbons (Fsp3) is 0.400. The van der Waals surface area contributed by atoms with Crippen LogP contribution in [0.25, 0.3) is 0 Å². The lowest BCUT2D eigenvalue weighted by Crippen LogP contribution is -2.25. The van der Waals surface area contributed by atoms with E-state index in [-0.39, 0.29) is 11.4 Å². The number of nitrogens with zero attached hydrogens (tertiary/aromatic N) is 2. The number of anilines is 1. The summed E-state index contributed by atoms with van der Waals surface area (Å²) in [5, 5.41) is 8.02. The van der Waals surface area contributed by atoms with Crippen molar-refractivity contribution in [3.8, 4) is 0 Å². The Balaban J connectivity index is 2.13. The number of H-pyrrole nitrogens is 1. The van der Waals surface area contributed by atoms with E-state index in [1.807, 2.05) is 6.92 Å². The molecule has 6 nitrogen and oxygen atoms in total. The van der Waals surface area contributed by atoms with Gasteiger partial charge in [-0.2, -0.15) is 13.2 Å². The Morgan fingerprint density at radius 3 is 2.72 bits per heavy atom. The molecule has 2 aromatic rings. The number of hydrogen-bond acceptors (Lipinski definition) is 4. The Bertz CT molecular complexity index is 801. The number of para-hydroxylation sites is 1. The molecule has 0 bridgehead atoms. The topological polar surface area (TPSA) is 79.8 Å². The zero-order chi connectivity index (χ0) is 18.6. The lowest BCUT2D eigenvalue weighted by Gasteiger charge is -2.16. The minimum atomic E-state index is -4.57. The maximum Gasteiger partial charge on any atom is 0.418 e. The maximum atomic E-state index is 13.0. The van der Waals surface area contributed by atoms with E-state index >= 15 is 0 Å². The van der Waals surface area contributed by atoms with Gasteiger partial charge in [-0.1, -0.05) is 30.8 Å². The predicted octanol–water partition coefficient (Wildman–Crippen LogP) is 3.12. The number of aromatic nitrogens is 3. The number of amides is 1. The van der Waals surface area contributed by atoms with Crippen molar-refractivity contribution in [1.29, 1.82) is 0 Å². The van der Waals surface area contributed by atoms with Crippen molar-refractivity contribution in [2.24, 2.45) is 0 Å². The van der Waals surface area contributed by atoms with Crippen LogP contribution in [0.1, 0.15) is 25.8 Å². The number of thioether (sulfide) groups is 1. The normalized spacial score (nSPS) is 12.8. The molecule has 1 atom stereocenters. The Labute approximate surface area is 145 Å². The van der Waals surface area contributed by atoms with Crippen LogP contribution in [0.3, 0.4) is 0 Å². The number of benzene rings is 1. The highest BCUT2D eigenvalue weighted by atomic mass is 32.2. The smallest absolute Gasteiger partial charge is 0.325 e. The zero-order valence-corrected chi connectivity index (χ0v) is 14.4. The number of alkyl halides is 3. The van der Waals surface area contributed by atoms with Crippen LogP contribution in [0.5, 0.6) is 0 Å². The average Bonchev–Trinajstić information content (AvgIpc) is 2.88. The highest BCUT2D eigenvalue weighted by Gasteiger charge is 2.34. The first-order chi connectivity index (χ1) is 11.7. The lowest BCUT2D eigenvalue weighted by atomic mass is 10.1. The van der Waals surface area contributed by atoms with Crippen LogP contribution in [-0.2, 0) is 17.5 Å². The molecule has 0 aliphatic rings. The summed E-state index contributed by atoms with van der Waals surface area (Å²) in [5.41, 5.74) is -1.61. The first-order valence-corrected chi connectivity index (χ1v) is 8.41. The van der Waals surface area contributed by atoms with Gasteiger partial charge in [0.2, 0.25) is 5.91 Å². The molecule has 1 aromatic heterocycles. The minimum Gasteiger partial charge on any atom is -0.325 e. The summed E-state index contributed by atoms with van der Waals surface area (Å²) in [6.45, 7) is 3.85. The third-order valence-corrected chi connectivity index (χ3v) is 4.40. The van der Waals surface area contributed by atoms with Gasteiger partial charge in [-0.15, -0.1) is 5.10 Å². The largest absolute Gasteiger partial charge is 0.418 e. The van der Waals surface area contributed by atoms with Gasteiger partial charge in [0.25, 0.3) is 0 Å². The number of aromatic amines is 1. The van der Waals surface area contributed by atoms with Gasteiger partial charge in [-0.25, -0.2) is 9.89 Å². The second-order valence-electron chi connectivity index (χ2n) is 5.26. The van der Waals surface area contributed by atoms with E-state index in [0.29, 0.717) is 18.1 Å². The highest BCUT2D eigenvalue weighted by molar-refractivity contribution is 8.00. The van der Waals surface area contributed by atoms with E-state index in [9.17, 15) is 22.8 Å². The summed E-state index contributed by atoms with van der Waals surface area (Å²) >= 11 is 0.999. The maximum absolute atomic E-state index is 13.0. The molecule has 10 heteroatoms. The zero-order valence-electron chi connectivity index (χ0n) is 13.6. The molecule has 0 radical (unpaired) electrons. The molecule has 0 saturated carbocycles. The van der Waals surface area contributed by atoms with E-state index in [2.05, 4.69) is 15.5 Å². The number of nitrogens with one attached hydrogen (secondary N) is 2. The van der Waals surface area contributed by atoms with Gasteiger partial charge in [0.1, 0.15) is 0 Å². The monoisotopic (exact) mass is 374 g/mol. The van der Waals surface area contributed by atoms with Crippen molar-refractivity contribution in [2.45, 2.75) is 43.4 Å². The van der Waals surface area contributed by atoms with Crippen LogP contribution in [-0.4, -0.2) is 25.9 Å². The summed E-state index contributed by atoms with van der Waals surface area (Å²) in [4.78, 5) is 23.9. The Morgan fingerprint density at radius 1 is 1.40 bits per heavy atom. The Hall–Kier alpha value is -2.23. The molecule has 1 aromatic carbocycles. The number of rotatable bonds is 6. The van der Waals surface area contributed by atoms with Crippen molar-refractivity contribution in [3.05, 3.63) is 40.3 Å². The van der Waals surface area contributed by atoms with Crippen LogP contribution in [0.4, 0.5) is 18.9 Å². The van der Waals surface area contributed by atoms with Crippen molar-refractivity contribution in [1.82, 2.24) is 14.8 Å². The fourth-order valence-corrected chi connectivity index (χ4v) is 2.98. The van der Waals surface area contributed by atoms with Crippen LogP contribution in [0, 0.1) is 0 Å². The number of carbonyl (C=O) groups excluding carboxylic acids is 1. The Morgan fingerprint density at radius 2 is 2.08 bits per heavy atom. The van der Waals surface area contributed by atoms with Crippen molar-refractivity contribution in [3.63, 3.8) is 0 Å². The van der Waals surface area contributed by atoms with Crippen LogP contribution >= 0.6 is 11.8 Å². The second kappa shape index (κ2) is 7.77. The SMILES string of the molecule is CCCn1c(SC(C)C(=O)Nc2ccccc2C(F)(F)F)n[nH]c1=O. The lowest BCUT2D eigenvalue weighted by molar-refractivity contribution is -0.137. The van der Waals surface area contributed by atoms with Gasteiger partial charge < -0.3 is 5.32 Å². The quantitative estimate of drug-likeness (QED) is 0.762. The molecule has 136 valence electrons. The van der Waals surface area contributed by atoms with Crippen molar-refractivity contribution >= 4 is 23.4 Å². The number of hydrogen-bond donors (Lipinski definition) is 2. The van der Waals surface area contributed by atoms with Crippen LogP contribution in [0.2, 0.25) is 0 Å². The van der Waals surface area contributed by atoms with Gasteiger partial charge in [0, 0.05) is 6.54 Å². The van der Waals surface area contributed by atoms with Crippen LogP contribution < -0.4 is 11.0 Å². The van der Waals surface area contributed by atoms with Crippen LogP contribution in [0.15, 0.2) is 34.2 Å². The first-order valence-electron chi connectivity index (χ1n) is 7.53. The number of carbonyl (C=O) groups is 1. The van der Waals surface area contributed by atoms with E-state index < -0.39 is 22.9 Å². The standard InChI is InChI=1S/C15H17F3N4O2S/c1-3-8-22-13(24)20-21-14(22)25-9(2)12(23)19-11-7-5-4-6-10(11)15(16,17)18/h4-7,9H,3,8H2,1-2H3,(H,19,23)(H,20,24). The summed E-state index contributed by atoms with van der Waals surface area (Å²) in [6, 6.07) is 4.76. The Kier molecular flexibility index (Phi) is 5.93.